The zero-order valence-electron chi connectivity index (χ0n) is 52.9. The smallest absolute Gasteiger partial charge is 0.326 e. The molecule has 30 heteroatoms. The standard InChI is InChI=1S/C59H96N12O17S/c1-12-34(10)49(69-44(73)29-62-51(79)42(28-35-16-14-13-15-17-35)68-57(85)47(32(6)7)70-56(84)41(27-31(4)5)66-50(78)36(60)18-21-43(61)72)58(86)65-37(19-22-45(74)75)52(80)67-40(26-30(2)3)55(83)64-39(24-25-89-11)53(81)63-38(20-23-46(76)77)54(82)71-48(33(8)9)59(87)88/h13-17,30-34,36-42,47-49H,12,18-29,60H2,1-11H3,(H2,61,72)(H,62,79)(H,63,81)(H,64,83)(H,65,86)(H,66,78)(H,67,80)(H,68,85)(H,69,73)(H,70,84)(H,71,82)(H,74,75)(H,76,77)(H,87,88)/t34-,36-,37-,38-,39-,40-,41-,42-,47-,48-,49-/m0/s1. The first kappa shape index (κ1) is 79.1. The molecule has 0 saturated heterocycles. The van der Waals surface area contributed by atoms with Crippen LogP contribution in [0.3, 0.4) is 0 Å². The largest absolute Gasteiger partial charge is 0.481 e. The van der Waals surface area contributed by atoms with Crippen molar-refractivity contribution in [1.82, 2.24) is 53.2 Å². The third kappa shape index (κ3) is 30.7. The van der Waals surface area contributed by atoms with E-state index in [9.17, 15) is 82.4 Å². The Balaban J connectivity index is 3.47. The number of primary amides is 1. The van der Waals surface area contributed by atoms with E-state index in [0.717, 1.165) is 0 Å². The third-order valence-electron chi connectivity index (χ3n) is 14.2. The number of carbonyl (C=O) groups excluding carboxylic acids is 11. The quantitative estimate of drug-likeness (QED) is 0.0385. The topological polar surface area (TPSA) is 472 Å². The fraction of sp³-hybridized carbons (Fsp3) is 0.661. The van der Waals surface area contributed by atoms with Crippen molar-refractivity contribution in [1.29, 1.82) is 0 Å². The number of benzene rings is 1. The van der Waals surface area contributed by atoms with Crippen LogP contribution in [0.5, 0.6) is 0 Å². The first-order valence-corrected chi connectivity index (χ1v) is 31.2. The van der Waals surface area contributed by atoms with Gasteiger partial charge in [-0.15, -0.1) is 0 Å². The molecule has 89 heavy (non-hydrogen) atoms. The van der Waals surface area contributed by atoms with Gasteiger partial charge in [0.25, 0.3) is 0 Å². The molecule has 0 aliphatic rings. The molecule has 0 aliphatic heterocycles. The molecule has 0 spiro atoms. The van der Waals surface area contributed by atoms with Gasteiger partial charge in [0.15, 0.2) is 0 Å². The molecule has 0 heterocycles. The van der Waals surface area contributed by atoms with E-state index in [0.29, 0.717) is 5.56 Å². The van der Waals surface area contributed by atoms with E-state index in [2.05, 4.69) is 53.2 Å². The molecular weight excluding hydrogens is 1180 g/mol. The molecule has 0 radical (unpaired) electrons. The Morgan fingerprint density at radius 2 is 0.888 bits per heavy atom. The summed E-state index contributed by atoms with van der Waals surface area (Å²) in [5, 5.41) is 54.2. The molecule has 0 saturated carbocycles. The van der Waals surface area contributed by atoms with Crippen LogP contribution in [0.2, 0.25) is 0 Å². The molecule has 0 aromatic heterocycles. The minimum absolute atomic E-state index is 0.0310. The number of nitrogens with one attached hydrogen (secondary N) is 10. The first-order valence-electron chi connectivity index (χ1n) is 29.9. The van der Waals surface area contributed by atoms with E-state index in [1.54, 1.807) is 78.1 Å². The van der Waals surface area contributed by atoms with Crippen LogP contribution < -0.4 is 64.6 Å². The summed E-state index contributed by atoms with van der Waals surface area (Å²) in [6.45, 7) is 16.0. The Kier molecular flexibility index (Phi) is 36.1. The number of hydrogen-bond donors (Lipinski definition) is 15. The Bertz CT molecular complexity index is 2570. The maximum absolute atomic E-state index is 14.2. The van der Waals surface area contributed by atoms with Crippen LogP contribution in [0, 0.1) is 29.6 Å². The molecule has 1 aromatic carbocycles. The fourth-order valence-corrected chi connectivity index (χ4v) is 9.33. The molecule has 0 bridgehead atoms. The highest BCUT2D eigenvalue weighted by Crippen LogP contribution is 2.15. The maximum atomic E-state index is 14.2. The zero-order valence-corrected chi connectivity index (χ0v) is 53.7. The van der Waals surface area contributed by atoms with Gasteiger partial charge in [-0.05, 0) is 85.7 Å². The number of thioether (sulfide) groups is 1. The molecule has 1 aromatic rings. The Morgan fingerprint density at radius 3 is 1.34 bits per heavy atom. The molecule has 0 unspecified atom stereocenters. The molecule has 500 valence electrons. The lowest BCUT2D eigenvalue weighted by Gasteiger charge is -2.29. The van der Waals surface area contributed by atoms with Gasteiger partial charge in [0, 0.05) is 25.7 Å². The number of carboxylic acids is 3. The summed E-state index contributed by atoms with van der Waals surface area (Å²) in [6.07, 6.45) is -0.458. The average molecular weight is 1280 g/mol. The van der Waals surface area contributed by atoms with Crippen LogP contribution in [0.25, 0.3) is 0 Å². The van der Waals surface area contributed by atoms with Gasteiger partial charge < -0.3 is 80.0 Å². The second kappa shape index (κ2) is 40.6. The van der Waals surface area contributed by atoms with E-state index in [1.807, 2.05) is 13.8 Å². The highest BCUT2D eigenvalue weighted by Gasteiger charge is 2.37. The van der Waals surface area contributed by atoms with E-state index < -0.39 is 193 Å². The summed E-state index contributed by atoms with van der Waals surface area (Å²) in [7, 11) is 0. The number of amides is 11. The molecular formula is C59H96N12O17S. The van der Waals surface area contributed by atoms with Crippen molar-refractivity contribution in [3.8, 4) is 0 Å². The molecule has 0 fully saturated rings. The minimum atomic E-state index is -1.63. The zero-order chi connectivity index (χ0) is 67.8. The minimum Gasteiger partial charge on any atom is -0.481 e. The number of aliphatic carboxylic acids is 3. The molecule has 11 amide bonds. The molecule has 11 atom stereocenters. The van der Waals surface area contributed by atoms with E-state index >= 15 is 0 Å². The second-order valence-electron chi connectivity index (χ2n) is 23.5. The number of nitrogens with two attached hydrogens (primary N) is 2. The van der Waals surface area contributed by atoms with Gasteiger partial charge in [-0.1, -0.05) is 106 Å². The monoisotopic (exact) mass is 1280 g/mol. The lowest BCUT2D eigenvalue weighted by atomic mass is 9.97. The Morgan fingerprint density at radius 1 is 0.472 bits per heavy atom. The van der Waals surface area contributed by atoms with Crippen LogP contribution in [0.15, 0.2) is 30.3 Å². The molecule has 0 aliphatic carbocycles. The summed E-state index contributed by atoms with van der Waals surface area (Å²) in [5.41, 5.74) is 11.8. The van der Waals surface area contributed by atoms with E-state index in [4.69, 9.17) is 11.5 Å². The van der Waals surface area contributed by atoms with Gasteiger partial charge in [0.1, 0.15) is 54.4 Å². The number of rotatable bonds is 43. The van der Waals surface area contributed by atoms with Gasteiger partial charge in [0.2, 0.25) is 65.0 Å². The van der Waals surface area contributed by atoms with Gasteiger partial charge >= 0.3 is 17.9 Å². The maximum Gasteiger partial charge on any atom is 0.326 e. The van der Waals surface area contributed by atoms with Crippen molar-refractivity contribution >= 4 is 94.6 Å². The van der Waals surface area contributed by atoms with Gasteiger partial charge in [-0.2, -0.15) is 11.8 Å². The van der Waals surface area contributed by atoms with Crippen molar-refractivity contribution in [2.24, 2.45) is 41.1 Å². The highest BCUT2D eigenvalue weighted by atomic mass is 32.2. The summed E-state index contributed by atoms with van der Waals surface area (Å²) in [6, 6.07) is -5.14. The number of carboxylic acid groups (broad SMARTS) is 3. The van der Waals surface area contributed by atoms with Crippen LogP contribution in [0.1, 0.15) is 139 Å². The van der Waals surface area contributed by atoms with Crippen molar-refractivity contribution in [3.63, 3.8) is 0 Å². The second-order valence-corrected chi connectivity index (χ2v) is 24.5. The molecule has 17 N–H and O–H groups in total. The molecule has 1 rings (SSSR count). The summed E-state index contributed by atoms with van der Waals surface area (Å²) in [5.74, 6) is -15.3. The van der Waals surface area contributed by atoms with Crippen LogP contribution in [-0.4, -0.2) is 177 Å². The van der Waals surface area contributed by atoms with Crippen LogP contribution in [0.4, 0.5) is 0 Å². The average Bonchev–Trinajstić information content (AvgIpc) is 3.54. The lowest BCUT2D eigenvalue weighted by Crippen LogP contribution is -2.60. The van der Waals surface area contributed by atoms with Crippen LogP contribution in [-0.2, 0) is 73.5 Å². The highest BCUT2D eigenvalue weighted by molar-refractivity contribution is 7.98. The van der Waals surface area contributed by atoms with Gasteiger partial charge in [-0.3, -0.25) is 62.3 Å². The summed E-state index contributed by atoms with van der Waals surface area (Å²) >= 11 is 1.30. The summed E-state index contributed by atoms with van der Waals surface area (Å²) < 4.78 is 0. The van der Waals surface area contributed by atoms with Gasteiger partial charge in [0.05, 0.1) is 12.6 Å². The SMILES string of the molecule is CC[C@H](C)[C@H](NC(=O)CNC(=O)[C@H](Cc1ccccc1)NC(=O)[C@@H](NC(=O)[C@H](CC(C)C)NC(=O)[C@@H](N)CCC(N)=O)C(C)C)C(=O)N[C@@H](CCC(=O)O)C(=O)N[C@@H](CC(C)C)C(=O)N[C@@H](CCSC)C(=O)N[C@@H](CCC(=O)O)C(=O)N[C@H](C(=O)O)C(C)C. The van der Waals surface area contributed by atoms with Gasteiger partial charge in [-0.25, -0.2) is 4.79 Å². The van der Waals surface area contributed by atoms with Crippen LogP contribution >= 0.6 is 11.8 Å². The van der Waals surface area contributed by atoms with Crippen molar-refractivity contribution in [2.45, 2.75) is 200 Å². The Hall–Kier alpha value is -7.89. The lowest BCUT2D eigenvalue weighted by molar-refractivity contribution is -0.144. The first-order chi connectivity index (χ1) is 41.6. The third-order valence-corrected chi connectivity index (χ3v) is 14.8. The van der Waals surface area contributed by atoms with Crippen molar-refractivity contribution < 1.29 is 82.4 Å². The summed E-state index contributed by atoms with van der Waals surface area (Å²) in [4.78, 5) is 185. The predicted octanol–water partition coefficient (Wildman–Crippen LogP) is -0.681. The van der Waals surface area contributed by atoms with E-state index in [1.165, 1.54) is 25.6 Å². The van der Waals surface area contributed by atoms with E-state index in [-0.39, 0.29) is 62.5 Å². The normalized spacial score (nSPS) is 15.0. The molecule has 29 nitrogen and oxygen atoms in total. The number of hydrogen-bond acceptors (Lipinski definition) is 16. The number of carbonyl (C=O) groups is 14. The van der Waals surface area contributed by atoms with Crippen molar-refractivity contribution in [2.75, 3.05) is 18.6 Å². The predicted molar refractivity (Wildman–Crippen MR) is 329 cm³/mol. The Labute approximate surface area is 524 Å². The fourth-order valence-electron chi connectivity index (χ4n) is 8.86. The van der Waals surface area contributed by atoms with Crippen molar-refractivity contribution in [3.05, 3.63) is 35.9 Å².